The van der Waals surface area contributed by atoms with Crippen molar-refractivity contribution in [2.75, 3.05) is 19.4 Å². The first-order chi connectivity index (χ1) is 12.5. The number of carbonyl (C=O) groups is 4. The maximum absolute atomic E-state index is 12.5. The second-order valence-corrected chi connectivity index (χ2v) is 7.27. The summed E-state index contributed by atoms with van der Waals surface area (Å²) in [7, 11) is 1.37. The van der Waals surface area contributed by atoms with Crippen molar-refractivity contribution in [1.29, 1.82) is 0 Å². The fraction of sp³-hybridized carbons (Fsp3) is 0.412. The molecule has 0 saturated carbocycles. The van der Waals surface area contributed by atoms with Crippen LogP contribution in [0.25, 0.3) is 0 Å². The van der Waals surface area contributed by atoms with E-state index in [2.05, 4.69) is 5.32 Å². The molecule has 138 valence electrons. The molecule has 0 bridgehead atoms. The summed E-state index contributed by atoms with van der Waals surface area (Å²) < 4.78 is 5.03. The van der Waals surface area contributed by atoms with Crippen LogP contribution in [0.1, 0.15) is 18.4 Å². The maximum Gasteiger partial charge on any atom is 0.330 e. The number of hydrogen-bond acceptors (Lipinski definition) is 6. The molecule has 1 aromatic rings. The highest BCUT2D eigenvalue weighted by Crippen LogP contribution is 2.54. The van der Waals surface area contributed by atoms with E-state index in [1.54, 1.807) is 16.7 Å². The van der Waals surface area contributed by atoms with E-state index in [0.717, 1.165) is 5.56 Å². The number of nitrogens with zero attached hydrogens (tertiary/aromatic N) is 1. The third kappa shape index (κ3) is 3.26. The number of urea groups is 1. The lowest BCUT2D eigenvalue weighted by atomic mass is 10.0. The van der Waals surface area contributed by atoms with Crippen LogP contribution < -0.4 is 10.6 Å². The topological polar surface area (TPSA) is 105 Å². The molecule has 2 atom stereocenters. The number of amides is 4. The van der Waals surface area contributed by atoms with E-state index in [-0.39, 0.29) is 5.91 Å². The number of fused-ring (bicyclic) bond motifs is 1. The zero-order chi connectivity index (χ0) is 18.7. The maximum atomic E-state index is 12.5. The van der Waals surface area contributed by atoms with Crippen molar-refractivity contribution in [3.05, 3.63) is 35.9 Å². The summed E-state index contributed by atoms with van der Waals surface area (Å²) in [6, 6.07) is 8.17. The fourth-order valence-corrected chi connectivity index (χ4v) is 4.91. The Balaban J connectivity index is 1.70. The number of hydrogen-bond donors (Lipinski definition) is 2. The second kappa shape index (κ2) is 7.36. The Morgan fingerprint density at radius 2 is 2.04 bits per heavy atom. The highest BCUT2D eigenvalue weighted by molar-refractivity contribution is 8.00. The summed E-state index contributed by atoms with van der Waals surface area (Å²) in [5, 5.41) is 4.24. The molecule has 2 N–H and O–H groups in total. The molecule has 8 nitrogen and oxygen atoms in total. The van der Waals surface area contributed by atoms with Crippen LogP contribution in [0, 0.1) is 0 Å². The number of carbonyl (C=O) groups excluding carboxylic acids is 4. The quantitative estimate of drug-likeness (QED) is 0.744. The van der Waals surface area contributed by atoms with Crippen LogP contribution >= 0.6 is 11.8 Å². The lowest BCUT2D eigenvalue weighted by molar-refractivity contribution is -0.156. The molecular weight excluding hydrogens is 358 g/mol. The molecule has 3 rings (SSSR count). The second-order valence-electron chi connectivity index (χ2n) is 5.98. The van der Waals surface area contributed by atoms with Gasteiger partial charge in [-0.3, -0.25) is 14.9 Å². The molecule has 2 aliphatic heterocycles. The summed E-state index contributed by atoms with van der Waals surface area (Å²) >= 11 is 1.54. The molecule has 9 heteroatoms. The molecular formula is C17H19N3O5S. The molecule has 0 radical (unpaired) electrons. The number of nitrogens with one attached hydrogen (secondary N) is 2. The molecule has 0 aromatic heterocycles. The highest BCUT2D eigenvalue weighted by Gasteiger charge is 2.57. The molecule has 2 aliphatic rings. The van der Waals surface area contributed by atoms with Crippen LogP contribution in [0.5, 0.6) is 0 Å². The smallest absolute Gasteiger partial charge is 0.330 e. The van der Waals surface area contributed by atoms with E-state index in [0.29, 0.717) is 18.6 Å². The molecule has 0 spiro atoms. The van der Waals surface area contributed by atoms with Gasteiger partial charge in [0.1, 0.15) is 10.9 Å². The van der Waals surface area contributed by atoms with Gasteiger partial charge in [0.05, 0.1) is 0 Å². The standard InChI is InChI=1S/C17H19N3O5S/c1-18-16(24)19-13(21)9-25-15(23)12-10-26-17(8-7-14(22)20(12)17)11-5-3-2-4-6-11/h2-6,12H,7-10H2,1H3,(H2,18,19,21,24)/t12-,17+/m0/s1. The van der Waals surface area contributed by atoms with Crippen LogP contribution in [-0.2, 0) is 24.0 Å². The average molecular weight is 377 g/mol. The van der Waals surface area contributed by atoms with Crippen LogP contribution in [0.15, 0.2) is 30.3 Å². The first-order valence-corrected chi connectivity index (χ1v) is 9.16. The molecule has 0 unspecified atom stereocenters. The van der Waals surface area contributed by atoms with E-state index in [1.807, 2.05) is 35.6 Å². The number of thioether (sulfide) groups is 1. The van der Waals surface area contributed by atoms with Gasteiger partial charge in [-0.15, -0.1) is 11.8 Å². The summed E-state index contributed by atoms with van der Waals surface area (Å²) in [6.45, 7) is -0.576. The van der Waals surface area contributed by atoms with Gasteiger partial charge in [0.25, 0.3) is 5.91 Å². The van der Waals surface area contributed by atoms with Gasteiger partial charge in [0, 0.05) is 19.2 Å². The van der Waals surface area contributed by atoms with Crippen LogP contribution in [-0.4, -0.2) is 54.2 Å². The van der Waals surface area contributed by atoms with Gasteiger partial charge < -0.3 is 15.0 Å². The van der Waals surface area contributed by atoms with Crippen molar-refractivity contribution in [2.45, 2.75) is 23.8 Å². The van der Waals surface area contributed by atoms with Gasteiger partial charge in [-0.2, -0.15) is 0 Å². The zero-order valence-electron chi connectivity index (χ0n) is 14.2. The van der Waals surface area contributed by atoms with Crippen LogP contribution in [0.2, 0.25) is 0 Å². The summed E-state index contributed by atoms with van der Waals surface area (Å²) in [4.78, 5) is 48.6. The summed E-state index contributed by atoms with van der Waals surface area (Å²) in [5.41, 5.74) is 0.975. The normalized spacial score (nSPS) is 24.1. The third-order valence-electron chi connectivity index (χ3n) is 4.45. The van der Waals surface area contributed by atoms with Crippen LogP contribution in [0.4, 0.5) is 4.79 Å². The lowest BCUT2D eigenvalue weighted by Gasteiger charge is -2.33. The van der Waals surface area contributed by atoms with E-state index >= 15 is 0 Å². The van der Waals surface area contributed by atoms with Crippen molar-refractivity contribution >= 4 is 35.6 Å². The number of imide groups is 1. The predicted octanol–water partition coefficient (Wildman–Crippen LogP) is 0.576. The minimum Gasteiger partial charge on any atom is -0.454 e. The summed E-state index contributed by atoms with van der Waals surface area (Å²) in [6.07, 6.45) is 0.990. The Labute approximate surface area is 154 Å². The van der Waals surface area contributed by atoms with Gasteiger partial charge in [-0.05, 0) is 12.0 Å². The predicted molar refractivity (Wildman–Crippen MR) is 94.0 cm³/mol. The monoisotopic (exact) mass is 377 g/mol. The Kier molecular flexibility index (Phi) is 5.17. The Bertz CT molecular complexity index is 741. The largest absolute Gasteiger partial charge is 0.454 e. The van der Waals surface area contributed by atoms with Gasteiger partial charge in [0.15, 0.2) is 6.61 Å². The lowest BCUT2D eigenvalue weighted by Crippen LogP contribution is -2.47. The number of rotatable bonds is 4. The number of ether oxygens (including phenoxy) is 1. The molecule has 0 aliphatic carbocycles. The fourth-order valence-electron chi connectivity index (χ4n) is 3.27. The SMILES string of the molecule is CNC(=O)NC(=O)COC(=O)[C@@H]1CS[C@@]2(c3ccccc3)CCC(=O)N12. The first kappa shape index (κ1) is 18.2. The number of esters is 1. The molecule has 4 amide bonds. The van der Waals surface area contributed by atoms with Crippen molar-refractivity contribution in [1.82, 2.24) is 15.5 Å². The van der Waals surface area contributed by atoms with E-state index < -0.39 is 35.4 Å². The molecule has 1 aromatic carbocycles. The zero-order valence-corrected chi connectivity index (χ0v) is 15.0. The molecule has 2 heterocycles. The van der Waals surface area contributed by atoms with E-state index in [4.69, 9.17) is 4.74 Å². The molecule has 2 fully saturated rings. The van der Waals surface area contributed by atoms with Crippen molar-refractivity contribution in [3.63, 3.8) is 0 Å². The van der Waals surface area contributed by atoms with E-state index in [1.165, 1.54) is 7.05 Å². The molecule has 26 heavy (non-hydrogen) atoms. The van der Waals surface area contributed by atoms with Gasteiger partial charge in [-0.25, -0.2) is 9.59 Å². The van der Waals surface area contributed by atoms with Crippen molar-refractivity contribution in [2.24, 2.45) is 0 Å². The van der Waals surface area contributed by atoms with Crippen molar-refractivity contribution < 1.29 is 23.9 Å². The van der Waals surface area contributed by atoms with Crippen molar-refractivity contribution in [3.8, 4) is 0 Å². The number of benzene rings is 1. The first-order valence-electron chi connectivity index (χ1n) is 8.18. The van der Waals surface area contributed by atoms with Gasteiger partial charge >= 0.3 is 12.0 Å². The highest BCUT2D eigenvalue weighted by atomic mass is 32.2. The Hall–Kier alpha value is -2.55. The van der Waals surface area contributed by atoms with Crippen LogP contribution in [0.3, 0.4) is 0 Å². The molecule has 2 saturated heterocycles. The third-order valence-corrected chi connectivity index (χ3v) is 6.05. The summed E-state index contributed by atoms with van der Waals surface area (Å²) in [5.74, 6) is -1.07. The Morgan fingerprint density at radius 1 is 1.31 bits per heavy atom. The van der Waals surface area contributed by atoms with Gasteiger partial charge in [-0.1, -0.05) is 30.3 Å². The van der Waals surface area contributed by atoms with E-state index in [9.17, 15) is 19.2 Å². The Morgan fingerprint density at radius 3 is 2.73 bits per heavy atom. The average Bonchev–Trinajstić information content (AvgIpc) is 3.20. The minimum absolute atomic E-state index is 0.101. The minimum atomic E-state index is -0.747. The van der Waals surface area contributed by atoms with Gasteiger partial charge in [0.2, 0.25) is 5.91 Å².